The van der Waals surface area contributed by atoms with E-state index in [4.69, 9.17) is 4.74 Å². The van der Waals surface area contributed by atoms with Crippen molar-refractivity contribution in [1.82, 2.24) is 9.29 Å². The summed E-state index contributed by atoms with van der Waals surface area (Å²) < 4.78 is 32.4. The second-order valence-corrected chi connectivity index (χ2v) is 7.04. The van der Waals surface area contributed by atoms with Gasteiger partial charge in [-0.05, 0) is 25.3 Å². The Balaban J connectivity index is 2.20. The minimum Gasteiger partial charge on any atom is -0.384 e. The Labute approximate surface area is 126 Å². The van der Waals surface area contributed by atoms with Crippen molar-refractivity contribution in [2.45, 2.75) is 37.2 Å². The smallest absolute Gasteiger partial charge is 0.246 e. The second kappa shape index (κ2) is 7.20. The molecule has 0 bridgehead atoms. The van der Waals surface area contributed by atoms with Crippen LogP contribution < -0.4 is 5.32 Å². The number of methoxy groups -OCH3 is 1. The van der Waals surface area contributed by atoms with Crippen molar-refractivity contribution in [1.29, 1.82) is 0 Å². The van der Waals surface area contributed by atoms with Crippen molar-refractivity contribution in [2.24, 2.45) is 0 Å². The normalized spacial score (nSPS) is 17.8. The topological polar surface area (TPSA) is 71.5 Å². The number of sulfonamides is 1. The van der Waals surface area contributed by atoms with Gasteiger partial charge < -0.3 is 10.1 Å². The van der Waals surface area contributed by atoms with Gasteiger partial charge in [-0.3, -0.25) is 4.98 Å². The zero-order chi connectivity index (χ0) is 15.3. The predicted octanol–water partition coefficient (Wildman–Crippen LogP) is 1.70. The molecule has 0 unspecified atom stereocenters. The number of nitrogens with one attached hydrogen (secondary N) is 1. The maximum atomic E-state index is 12.8. The molecule has 0 aromatic carbocycles. The second-order valence-electron chi connectivity index (χ2n) is 5.14. The van der Waals surface area contributed by atoms with Gasteiger partial charge in [0.2, 0.25) is 10.0 Å². The Morgan fingerprint density at radius 3 is 2.76 bits per heavy atom. The van der Waals surface area contributed by atoms with E-state index in [1.54, 1.807) is 19.4 Å². The molecular weight excluding hydrogens is 290 g/mol. The fourth-order valence-corrected chi connectivity index (χ4v) is 4.02. The summed E-state index contributed by atoms with van der Waals surface area (Å²) in [7, 11) is -1.83. The number of nitrogens with zero attached hydrogens (tertiary/aromatic N) is 2. The van der Waals surface area contributed by atoms with Crippen LogP contribution in [0.3, 0.4) is 0 Å². The molecule has 1 fully saturated rings. The van der Waals surface area contributed by atoms with Gasteiger partial charge >= 0.3 is 0 Å². The van der Waals surface area contributed by atoms with Crippen LogP contribution in [0.25, 0.3) is 0 Å². The Morgan fingerprint density at radius 2 is 2.14 bits per heavy atom. The van der Waals surface area contributed by atoms with Crippen LogP contribution in [0.15, 0.2) is 23.4 Å². The summed E-state index contributed by atoms with van der Waals surface area (Å²) >= 11 is 0. The summed E-state index contributed by atoms with van der Waals surface area (Å²) in [5.41, 5.74) is 0.626. The fourth-order valence-electron chi connectivity index (χ4n) is 2.44. The molecule has 6 nitrogen and oxygen atoms in total. The van der Waals surface area contributed by atoms with Gasteiger partial charge in [0.25, 0.3) is 0 Å². The van der Waals surface area contributed by atoms with E-state index in [0.717, 1.165) is 25.8 Å². The molecule has 0 aliphatic carbocycles. The molecule has 1 aromatic rings. The highest BCUT2D eigenvalue weighted by Gasteiger charge is 2.31. The minimum atomic E-state index is -3.50. The average Bonchev–Trinajstić information content (AvgIpc) is 2.53. The van der Waals surface area contributed by atoms with Gasteiger partial charge in [-0.15, -0.1) is 0 Å². The quantitative estimate of drug-likeness (QED) is 0.865. The molecular formula is C14H23N3O3S. The lowest BCUT2D eigenvalue weighted by Crippen LogP contribution is -2.40. The van der Waals surface area contributed by atoms with Gasteiger partial charge in [0, 0.05) is 39.1 Å². The van der Waals surface area contributed by atoms with Crippen molar-refractivity contribution in [3.05, 3.63) is 18.5 Å². The van der Waals surface area contributed by atoms with Crippen molar-refractivity contribution < 1.29 is 13.2 Å². The van der Waals surface area contributed by atoms with Crippen LogP contribution in [0.1, 0.15) is 26.2 Å². The van der Waals surface area contributed by atoms with Crippen molar-refractivity contribution in [3.8, 4) is 0 Å². The van der Waals surface area contributed by atoms with E-state index >= 15 is 0 Å². The molecule has 1 aromatic heterocycles. The van der Waals surface area contributed by atoms with E-state index in [-0.39, 0.29) is 11.0 Å². The molecule has 1 N–H and O–H groups in total. The van der Waals surface area contributed by atoms with Gasteiger partial charge in [0.15, 0.2) is 0 Å². The van der Waals surface area contributed by atoms with Crippen LogP contribution in [0.4, 0.5) is 5.69 Å². The largest absolute Gasteiger partial charge is 0.384 e. The van der Waals surface area contributed by atoms with Gasteiger partial charge in [-0.1, -0.05) is 6.92 Å². The predicted molar refractivity (Wildman–Crippen MR) is 81.8 cm³/mol. The first kappa shape index (κ1) is 16.2. The summed E-state index contributed by atoms with van der Waals surface area (Å²) in [6.07, 6.45) is 5.58. The first-order valence-corrected chi connectivity index (χ1v) is 8.74. The molecule has 0 spiro atoms. The van der Waals surface area contributed by atoms with Gasteiger partial charge in [-0.25, -0.2) is 8.42 Å². The van der Waals surface area contributed by atoms with Gasteiger partial charge in [-0.2, -0.15) is 4.31 Å². The summed E-state index contributed by atoms with van der Waals surface area (Å²) in [6.45, 7) is 3.75. The number of hydrogen-bond acceptors (Lipinski definition) is 5. The van der Waals surface area contributed by atoms with E-state index < -0.39 is 10.0 Å². The standard InChI is InChI=1S/C14H23N3O3S/c1-3-7-16-13-4-8-15-11-14(13)21(18,19)17-9-5-12(20-2)6-10-17/h4,8,11-12H,3,5-7,9-10H2,1-2H3,(H,15,16). The van der Waals surface area contributed by atoms with E-state index in [9.17, 15) is 8.42 Å². The number of hydrogen-bond donors (Lipinski definition) is 1. The number of piperidine rings is 1. The highest BCUT2D eigenvalue weighted by Crippen LogP contribution is 2.26. The number of ether oxygens (including phenoxy) is 1. The molecule has 7 heteroatoms. The Hall–Kier alpha value is -1.18. The van der Waals surface area contributed by atoms with Crippen molar-refractivity contribution in [2.75, 3.05) is 32.1 Å². The zero-order valence-corrected chi connectivity index (χ0v) is 13.4. The third-order valence-corrected chi connectivity index (χ3v) is 5.63. The first-order chi connectivity index (χ1) is 10.1. The minimum absolute atomic E-state index is 0.156. The maximum absolute atomic E-state index is 12.8. The molecule has 1 aliphatic rings. The molecule has 1 aliphatic heterocycles. The van der Waals surface area contributed by atoms with E-state index in [2.05, 4.69) is 10.3 Å². The van der Waals surface area contributed by atoms with E-state index in [1.807, 2.05) is 6.92 Å². The van der Waals surface area contributed by atoms with Crippen molar-refractivity contribution >= 4 is 15.7 Å². The van der Waals surface area contributed by atoms with Gasteiger partial charge in [0.1, 0.15) is 4.90 Å². The van der Waals surface area contributed by atoms with E-state index in [1.165, 1.54) is 10.5 Å². The fraction of sp³-hybridized carbons (Fsp3) is 0.643. The maximum Gasteiger partial charge on any atom is 0.246 e. The summed E-state index contributed by atoms with van der Waals surface area (Å²) in [4.78, 5) is 4.23. The Bertz CT molecular complexity index is 554. The van der Waals surface area contributed by atoms with Gasteiger partial charge in [0.05, 0.1) is 11.8 Å². The van der Waals surface area contributed by atoms with Crippen LogP contribution >= 0.6 is 0 Å². The molecule has 118 valence electrons. The highest BCUT2D eigenvalue weighted by molar-refractivity contribution is 7.89. The van der Waals surface area contributed by atoms with E-state index in [0.29, 0.717) is 18.8 Å². The average molecular weight is 313 g/mol. The van der Waals surface area contributed by atoms with Crippen LogP contribution in [0.2, 0.25) is 0 Å². The third-order valence-electron chi connectivity index (χ3n) is 3.70. The molecule has 0 radical (unpaired) electrons. The molecule has 2 rings (SSSR count). The zero-order valence-electron chi connectivity index (χ0n) is 12.6. The lowest BCUT2D eigenvalue weighted by molar-refractivity contribution is 0.0604. The summed E-state index contributed by atoms with van der Waals surface area (Å²) in [5, 5.41) is 3.16. The van der Waals surface area contributed by atoms with Crippen LogP contribution in [0.5, 0.6) is 0 Å². The summed E-state index contributed by atoms with van der Waals surface area (Å²) in [5.74, 6) is 0. The molecule has 0 atom stereocenters. The van der Waals surface area contributed by atoms with Crippen molar-refractivity contribution in [3.63, 3.8) is 0 Å². The molecule has 2 heterocycles. The number of rotatable bonds is 6. The highest BCUT2D eigenvalue weighted by atomic mass is 32.2. The molecule has 0 saturated carbocycles. The monoisotopic (exact) mass is 313 g/mol. The first-order valence-electron chi connectivity index (χ1n) is 7.30. The van der Waals surface area contributed by atoms with Crippen LogP contribution in [-0.2, 0) is 14.8 Å². The number of aromatic nitrogens is 1. The number of pyridine rings is 1. The third kappa shape index (κ3) is 3.72. The van der Waals surface area contributed by atoms with Crippen LogP contribution in [-0.4, -0.2) is 50.6 Å². The summed E-state index contributed by atoms with van der Waals surface area (Å²) in [6, 6.07) is 1.71. The lowest BCUT2D eigenvalue weighted by Gasteiger charge is -2.30. The Morgan fingerprint density at radius 1 is 1.43 bits per heavy atom. The van der Waals surface area contributed by atoms with Crippen LogP contribution in [0, 0.1) is 0 Å². The number of anilines is 1. The molecule has 21 heavy (non-hydrogen) atoms. The Kier molecular flexibility index (Phi) is 5.55. The molecule has 1 saturated heterocycles. The lowest BCUT2D eigenvalue weighted by atomic mass is 10.1. The molecule has 0 amide bonds. The SMILES string of the molecule is CCCNc1ccncc1S(=O)(=O)N1CCC(OC)CC1.